The van der Waals surface area contributed by atoms with Crippen LogP contribution in [-0.4, -0.2) is 30.1 Å². The Morgan fingerprint density at radius 1 is 1.11 bits per heavy atom. The van der Waals surface area contributed by atoms with E-state index < -0.39 is 0 Å². The van der Waals surface area contributed by atoms with E-state index in [0.717, 1.165) is 5.56 Å². The van der Waals surface area contributed by atoms with Gasteiger partial charge in [-0.25, -0.2) is 4.98 Å². The van der Waals surface area contributed by atoms with Gasteiger partial charge in [-0.1, -0.05) is 17.7 Å². The lowest BCUT2D eigenvalue weighted by Crippen LogP contribution is -2.13. The summed E-state index contributed by atoms with van der Waals surface area (Å²) < 4.78 is 10.5. The summed E-state index contributed by atoms with van der Waals surface area (Å²) in [5, 5.41) is 6.36. The number of carbonyl (C=O) groups excluding carboxylic acids is 1. The van der Waals surface area contributed by atoms with Gasteiger partial charge in [0, 0.05) is 37.3 Å². The van der Waals surface area contributed by atoms with Crippen molar-refractivity contribution in [1.29, 1.82) is 0 Å². The van der Waals surface area contributed by atoms with Crippen LogP contribution in [-0.2, 0) is 6.54 Å². The first-order valence-corrected chi connectivity index (χ1v) is 8.80. The molecule has 1 aromatic carbocycles. The number of aromatic nitrogens is 2. The van der Waals surface area contributed by atoms with Gasteiger partial charge in [0.15, 0.2) is 0 Å². The molecule has 0 atom stereocenters. The highest BCUT2D eigenvalue weighted by molar-refractivity contribution is 6.32. The first kappa shape index (κ1) is 19.4. The lowest BCUT2D eigenvalue weighted by atomic mass is 10.2. The molecule has 7 nitrogen and oxygen atoms in total. The maximum atomic E-state index is 12.5. The van der Waals surface area contributed by atoms with Gasteiger partial charge in [-0.3, -0.25) is 9.78 Å². The average Bonchev–Trinajstić information content (AvgIpc) is 2.74. The SMILES string of the molecule is COc1cc(NC(=O)c2ccc(NCc3cccnc3)nc2)c(OC)cc1Cl. The van der Waals surface area contributed by atoms with Crippen LogP contribution in [0.2, 0.25) is 5.02 Å². The number of benzene rings is 1. The maximum absolute atomic E-state index is 12.5. The summed E-state index contributed by atoms with van der Waals surface area (Å²) in [6.07, 6.45) is 5.00. The molecule has 2 heterocycles. The molecule has 0 aliphatic heterocycles. The molecule has 3 aromatic rings. The highest BCUT2D eigenvalue weighted by Crippen LogP contribution is 2.36. The molecule has 0 aliphatic carbocycles. The molecule has 0 saturated heterocycles. The Hall–Kier alpha value is -3.32. The normalized spacial score (nSPS) is 10.2. The largest absolute Gasteiger partial charge is 0.495 e. The predicted octanol–water partition coefficient (Wildman–Crippen LogP) is 4.01. The minimum Gasteiger partial charge on any atom is -0.495 e. The monoisotopic (exact) mass is 398 g/mol. The van der Waals surface area contributed by atoms with Crippen LogP contribution in [0.3, 0.4) is 0 Å². The van der Waals surface area contributed by atoms with Crippen molar-refractivity contribution in [3.63, 3.8) is 0 Å². The summed E-state index contributed by atoms with van der Waals surface area (Å²) in [6, 6.07) is 10.5. The van der Waals surface area contributed by atoms with Crippen molar-refractivity contribution < 1.29 is 14.3 Å². The van der Waals surface area contributed by atoms with E-state index in [1.54, 1.807) is 36.7 Å². The van der Waals surface area contributed by atoms with Gasteiger partial charge in [0.25, 0.3) is 5.91 Å². The minimum atomic E-state index is -0.325. The second kappa shape index (κ2) is 9.05. The fraction of sp³-hybridized carbons (Fsp3) is 0.150. The zero-order valence-electron chi connectivity index (χ0n) is 15.4. The number of carbonyl (C=O) groups is 1. The molecule has 2 N–H and O–H groups in total. The Kier molecular flexibility index (Phi) is 6.29. The van der Waals surface area contributed by atoms with Gasteiger partial charge in [0.2, 0.25) is 0 Å². The fourth-order valence-corrected chi connectivity index (χ4v) is 2.71. The third kappa shape index (κ3) is 4.69. The summed E-state index contributed by atoms with van der Waals surface area (Å²) in [5.41, 5.74) is 1.89. The molecule has 0 spiro atoms. The van der Waals surface area contributed by atoms with Crippen LogP contribution in [0.4, 0.5) is 11.5 Å². The Morgan fingerprint density at radius 2 is 1.93 bits per heavy atom. The van der Waals surface area contributed by atoms with Crippen molar-refractivity contribution in [1.82, 2.24) is 9.97 Å². The van der Waals surface area contributed by atoms with E-state index in [2.05, 4.69) is 20.6 Å². The zero-order valence-corrected chi connectivity index (χ0v) is 16.2. The van der Waals surface area contributed by atoms with E-state index in [1.165, 1.54) is 20.4 Å². The minimum absolute atomic E-state index is 0.325. The van der Waals surface area contributed by atoms with Gasteiger partial charge in [0.05, 0.1) is 30.5 Å². The summed E-state index contributed by atoms with van der Waals surface area (Å²) >= 11 is 6.09. The van der Waals surface area contributed by atoms with Crippen LogP contribution in [0, 0.1) is 0 Å². The molecule has 0 aliphatic rings. The number of pyridine rings is 2. The first-order valence-electron chi connectivity index (χ1n) is 8.42. The average molecular weight is 399 g/mol. The molecule has 0 fully saturated rings. The number of nitrogens with one attached hydrogen (secondary N) is 2. The van der Waals surface area contributed by atoms with E-state index in [4.69, 9.17) is 21.1 Å². The standard InChI is InChI=1S/C20H19ClN4O3/c1-27-17-9-16(18(28-2)8-15(17)21)25-20(26)14-5-6-19(24-12-14)23-11-13-4-3-7-22-10-13/h3-10,12H,11H2,1-2H3,(H,23,24)(H,25,26). The van der Waals surface area contributed by atoms with Gasteiger partial charge >= 0.3 is 0 Å². The van der Waals surface area contributed by atoms with Crippen LogP contribution in [0.1, 0.15) is 15.9 Å². The van der Waals surface area contributed by atoms with Gasteiger partial charge in [-0.15, -0.1) is 0 Å². The van der Waals surface area contributed by atoms with Crippen molar-refractivity contribution in [2.45, 2.75) is 6.54 Å². The molecule has 1 amide bonds. The Bertz CT molecular complexity index is 950. The van der Waals surface area contributed by atoms with Crippen LogP contribution in [0.15, 0.2) is 55.0 Å². The number of hydrogen-bond donors (Lipinski definition) is 2. The topological polar surface area (TPSA) is 85.4 Å². The van der Waals surface area contributed by atoms with Gasteiger partial charge in [0.1, 0.15) is 17.3 Å². The maximum Gasteiger partial charge on any atom is 0.257 e. The first-order chi connectivity index (χ1) is 13.6. The molecule has 0 unspecified atom stereocenters. The number of methoxy groups -OCH3 is 2. The van der Waals surface area contributed by atoms with E-state index in [-0.39, 0.29) is 5.91 Å². The molecule has 2 aromatic heterocycles. The van der Waals surface area contributed by atoms with E-state index in [0.29, 0.717) is 40.1 Å². The summed E-state index contributed by atoms with van der Waals surface area (Å²) in [5.74, 6) is 1.20. The summed E-state index contributed by atoms with van der Waals surface area (Å²) in [6.45, 7) is 0.591. The molecule has 0 bridgehead atoms. The molecule has 144 valence electrons. The number of halogens is 1. The van der Waals surface area contributed by atoms with E-state index >= 15 is 0 Å². The van der Waals surface area contributed by atoms with Gasteiger partial charge < -0.3 is 20.1 Å². The number of anilines is 2. The van der Waals surface area contributed by atoms with Crippen LogP contribution < -0.4 is 20.1 Å². The van der Waals surface area contributed by atoms with Crippen molar-refractivity contribution in [3.8, 4) is 11.5 Å². The molecular weight excluding hydrogens is 380 g/mol. The number of hydrogen-bond acceptors (Lipinski definition) is 6. The van der Waals surface area contributed by atoms with Crippen molar-refractivity contribution in [2.24, 2.45) is 0 Å². The van der Waals surface area contributed by atoms with E-state index in [1.807, 2.05) is 12.1 Å². The zero-order chi connectivity index (χ0) is 19.9. The molecule has 0 saturated carbocycles. The number of amides is 1. The number of rotatable bonds is 7. The Labute approximate surface area is 167 Å². The van der Waals surface area contributed by atoms with Crippen molar-refractivity contribution >= 4 is 29.0 Å². The third-order valence-corrected chi connectivity index (χ3v) is 4.24. The van der Waals surface area contributed by atoms with Gasteiger partial charge in [-0.2, -0.15) is 0 Å². The molecule has 3 rings (SSSR count). The summed E-state index contributed by atoms with van der Waals surface area (Å²) in [7, 11) is 3.00. The second-order valence-corrected chi connectivity index (χ2v) is 6.20. The number of nitrogens with zero attached hydrogens (tertiary/aromatic N) is 2. The van der Waals surface area contributed by atoms with Crippen LogP contribution >= 0.6 is 11.6 Å². The summed E-state index contributed by atoms with van der Waals surface area (Å²) in [4.78, 5) is 20.9. The highest BCUT2D eigenvalue weighted by atomic mass is 35.5. The Morgan fingerprint density at radius 3 is 2.57 bits per heavy atom. The number of ether oxygens (including phenoxy) is 2. The highest BCUT2D eigenvalue weighted by Gasteiger charge is 2.14. The lowest BCUT2D eigenvalue weighted by Gasteiger charge is -2.13. The quantitative estimate of drug-likeness (QED) is 0.625. The van der Waals surface area contributed by atoms with Crippen molar-refractivity contribution in [3.05, 3.63) is 71.1 Å². The smallest absolute Gasteiger partial charge is 0.257 e. The molecule has 28 heavy (non-hydrogen) atoms. The molecular formula is C20H19ClN4O3. The molecule has 8 heteroatoms. The van der Waals surface area contributed by atoms with E-state index in [9.17, 15) is 4.79 Å². The van der Waals surface area contributed by atoms with Crippen molar-refractivity contribution in [2.75, 3.05) is 24.9 Å². The molecule has 0 radical (unpaired) electrons. The second-order valence-electron chi connectivity index (χ2n) is 5.79. The lowest BCUT2D eigenvalue weighted by molar-refractivity contribution is 0.102. The van der Waals surface area contributed by atoms with Crippen LogP contribution in [0.5, 0.6) is 11.5 Å². The predicted molar refractivity (Wildman–Crippen MR) is 108 cm³/mol. The fourth-order valence-electron chi connectivity index (χ4n) is 2.48. The Balaban J connectivity index is 1.68. The third-order valence-electron chi connectivity index (χ3n) is 3.94. The van der Waals surface area contributed by atoms with Gasteiger partial charge in [-0.05, 0) is 23.8 Å². The van der Waals surface area contributed by atoms with Crippen LogP contribution in [0.25, 0.3) is 0 Å².